The lowest BCUT2D eigenvalue weighted by molar-refractivity contribution is -0.143. The third-order valence-electron chi connectivity index (χ3n) is 3.92. The highest BCUT2D eigenvalue weighted by atomic mass is 16.4. The van der Waals surface area contributed by atoms with Gasteiger partial charge in [-0.2, -0.15) is 5.21 Å². The van der Waals surface area contributed by atoms with Gasteiger partial charge in [0.2, 0.25) is 0 Å². The summed E-state index contributed by atoms with van der Waals surface area (Å²) >= 11 is 0. The number of aliphatic carboxylic acids is 1. The van der Waals surface area contributed by atoms with Gasteiger partial charge >= 0.3 is 5.97 Å². The van der Waals surface area contributed by atoms with Gasteiger partial charge in [0, 0.05) is 24.6 Å². The maximum Gasteiger partial charge on any atom is 0.307 e. The number of hydrogen-bond donors (Lipinski definition) is 4. The van der Waals surface area contributed by atoms with Crippen LogP contribution in [-0.4, -0.2) is 54.9 Å². The second kappa shape index (κ2) is 9.07. The summed E-state index contributed by atoms with van der Waals surface area (Å²) in [6, 6.07) is 3.69. The third-order valence-corrected chi connectivity index (χ3v) is 3.92. The summed E-state index contributed by atoms with van der Waals surface area (Å²) in [5, 5.41) is 35.5. The summed E-state index contributed by atoms with van der Waals surface area (Å²) in [7, 11) is 0. The number of aliphatic hydroxyl groups excluding tert-OH is 1. The molecule has 2 rings (SSSR count). The van der Waals surface area contributed by atoms with Crippen LogP contribution < -0.4 is 5.32 Å². The van der Waals surface area contributed by atoms with Gasteiger partial charge in [0.25, 0.3) is 0 Å². The van der Waals surface area contributed by atoms with Crippen molar-refractivity contribution in [1.82, 2.24) is 25.6 Å². The second-order valence-electron chi connectivity index (χ2n) is 6.34. The molecule has 136 valence electrons. The number of nitrogens with zero attached hydrogens (tertiary/aromatic N) is 4. The Morgan fingerprint density at radius 1 is 1.36 bits per heavy atom. The van der Waals surface area contributed by atoms with E-state index in [4.69, 9.17) is 5.11 Å². The largest absolute Gasteiger partial charge is 0.481 e. The van der Waals surface area contributed by atoms with Crippen molar-refractivity contribution in [3.05, 3.63) is 29.8 Å². The van der Waals surface area contributed by atoms with Gasteiger partial charge in [-0.15, -0.1) is 10.2 Å². The van der Waals surface area contributed by atoms with Crippen molar-refractivity contribution in [3.63, 3.8) is 0 Å². The molecule has 9 heteroatoms. The monoisotopic (exact) mass is 348 g/mol. The number of aliphatic hydroxyl groups is 1. The molecule has 2 atom stereocenters. The maximum absolute atomic E-state index is 11.8. The van der Waals surface area contributed by atoms with Crippen molar-refractivity contribution in [1.29, 1.82) is 0 Å². The van der Waals surface area contributed by atoms with Crippen LogP contribution in [0.2, 0.25) is 0 Å². The number of carboxylic acids is 1. The topological polar surface area (TPSA) is 137 Å². The van der Waals surface area contributed by atoms with Gasteiger partial charge in [-0.05, 0) is 24.5 Å². The van der Waals surface area contributed by atoms with E-state index >= 15 is 0 Å². The Balaban J connectivity index is 2.20. The van der Waals surface area contributed by atoms with E-state index in [0.29, 0.717) is 25.2 Å². The molecule has 0 bridgehead atoms. The Labute approximate surface area is 145 Å². The number of hydrogen-bond acceptors (Lipinski definition) is 7. The molecule has 1 unspecified atom stereocenters. The summed E-state index contributed by atoms with van der Waals surface area (Å²) in [5.41, 5.74) is 1.55. The zero-order chi connectivity index (χ0) is 18.2. The lowest BCUT2D eigenvalue weighted by atomic mass is 9.82. The smallest absolute Gasteiger partial charge is 0.307 e. The molecule has 0 radical (unpaired) electrons. The maximum atomic E-state index is 11.8. The fraction of sp³-hybridized carbons (Fsp3) is 0.562. The highest BCUT2D eigenvalue weighted by Gasteiger charge is 2.33. The Morgan fingerprint density at radius 3 is 2.68 bits per heavy atom. The van der Waals surface area contributed by atoms with Crippen LogP contribution in [0.25, 0.3) is 0 Å². The van der Waals surface area contributed by atoms with Crippen molar-refractivity contribution in [2.75, 3.05) is 18.5 Å². The van der Waals surface area contributed by atoms with Gasteiger partial charge in [-0.25, -0.2) is 0 Å². The molecule has 0 aliphatic carbocycles. The fourth-order valence-corrected chi connectivity index (χ4v) is 2.76. The molecule has 0 saturated heterocycles. The van der Waals surface area contributed by atoms with E-state index in [-0.39, 0.29) is 12.5 Å². The quantitative estimate of drug-likeness (QED) is 0.500. The molecule has 0 saturated carbocycles. The predicted molar refractivity (Wildman–Crippen MR) is 91.0 cm³/mol. The normalized spacial score (nSPS) is 13.6. The zero-order valence-electron chi connectivity index (χ0n) is 14.4. The lowest BCUT2D eigenvalue weighted by Crippen LogP contribution is -2.26. The molecule has 0 fully saturated rings. The predicted octanol–water partition coefficient (Wildman–Crippen LogP) is 1.07. The minimum absolute atomic E-state index is 0.0388. The van der Waals surface area contributed by atoms with Crippen molar-refractivity contribution >= 4 is 11.7 Å². The fourth-order valence-electron chi connectivity index (χ4n) is 2.76. The first-order valence-electron chi connectivity index (χ1n) is 8.27. The molecule has 4 N–H and O–H groups in total. The van der Waals surface area contributed by atoms with Gasteiger partial charge in [0.15, 0.2) is 5.82 Å². The van der Waals surface area contributed by atoms with E-state index in [1.807, 2.05) is 26.0 Å². The first kappa shape index (κ1) is 18.8. The number of nitrogens with one attached hydrogen (secondary N) is 2. The van der Waals surface area contributed by atoms with E-state index in [9.17, 15) is 9.90 Å². The van der Waals surface area contributed by atoms with Crippen molar-refractivity contribution in [2.45, 2.75) is 32.6 Å². The molecule has 0 amide bonds. The van der Waals surface area contributed by atoms with Crippen molar-refractivity contribution in [3.8, 4) is 0 Å². The van der Waals surface area contributed by atoms with E-state index in [0.717, 1.165) is 11.4 Å². The van der Waals surface area contributed by atoms with Crippen LogP contribution in [0.15, 0.2) is 18.3 Å². The number of aromatic amines is 1. The van der Waals surface area contributed by atoms with Gasteiger partial charge in [0.1, 0.15) is 0 Å². The lowest BCUT2D eigenvalue weighted by Gasteiger charge is -2.22. The summed E-state index contributed by atoms with van der Waals surface area (Å²) < 4.78 is 0. The molecule has 0 aromatic carbocycles. The number of carbonyl (C=O) groups is 1. The van der Waals surface area contributed by atoms with Crippen LogP contribution in [0.4, 0.5) is 5.69 Å². The van der Waals surface area contributed by atoms with Gasteiger partial charge in [-0.1, -0.05) is 19.1 Å². The minimum Gasteiger partial charge on any atom is -0.481 e. The van der Waals surface area contributed by atoms with Crippen LogP contribution in [0.1, 0.15) is 37.7 Å². The Bertz CT molecular complexity index is 644. The first-order chi connectivity index (χ1) is 12.0. The minimum atomic E-state index is -0.871. The highest BCUT2D eigenvalue weighted by molar-refractivity contribution is 5.71. The van der Waals surface area contributed by atoms with Crippen LogP contribution in [0, 0.1) is 11.8 Å². The van der Waals surface area contributed by atoms with E-state index in [1.165, 1.54) is 0 Å². The number of tetrazole rings is 1. The van der Waals surface area contributed by atoms with Crippen LogP contribution in [-0.2, 0) is 11.2 Å². The molecular weight excluding hydrogens is 324 g/mol. The van der Waals surface area contributed by atoms with Crippen LogP contribution >= 0.6 is 0 Å². The standard InChI is InChI=1S/C16H24N6O3/c1-10(2)7-14(16(24)25)13(15-19-21-22-20-15)8-11-3-4-12(9-18-11)17-5-6-23/h3-4,9-10,13-14,17,23H,5-8H2,1-2H3,(H,24,25)(H,19,20,21,22)/t13?,14-/m0/s1. The average Bonchev–Trinajstić information content (AvgIpc) is 3.11. The van der Waals surface area contributed by atoms with Crippen LogP contribution in [0.3, 0.4) is 0 Å². The Morgan fingerprint density at radius 2 is 2.16 bits per heavy atom. The number of carboxylic acid groups (broad SMARTS) is 1. The zero-order valence-corrected chi connectivity index (χ0v) is 14.4. The van der Waals surface area contributed by atoms with E-state index < -0.39 is 17.8 Å². The molecule has 0 spiro atoms. The number of aromatic nitrogens is 5. The second-order valence-corrected chi connectivity index (χ2v) is 6.34. The van der Waals surface area contributed by atoms with Gasteiger partial charge in [0.05, 0.1) is 24.4 Å². The van der Waals surface area contributed by atoms with Gasteiger partial charge < -0.3 is 15.5 Å². The third kappa shape index (κ3) is 5.49. The molecular formula is C16H24N6O3. The molecule has 25 heavy (non-hydrogen) atoms. The Hall–Kier alpha value is -2.55. The highest BCUT2D eigenvalue weighted by Crippen LogP contribution is 2.30. The summed E-state index contributed by atoms with van der Waals surface area (Å²) in [5.74, 6) is -1.29. The average molecular weight is 348 g/mol. The summed E-state index contributed by atoms with van der Waals surface area (Å²) in [4.78, 5) is 16.2. The molecule has 0 aliphatic rings. The Kier molecular flexibility index (Phi) is 6.81. The van der Waals surface area contributed by atoms with Gasteiger partial charge in [-0.3, -0.25) is 9.78 Å². The molecule has 2 aromatic rings. The van der Waals surface area contributed by atoms with Crippen molar-refractivity contribution < 1.29 is 15.0 Å². The first-order valence-corrected chi connectivity index (χ1v) is 8.27. The molecule has 0 aliphatic heterocycles. The summed E-state index contributed by atoms with van der Waals surface area (Å²) in [6.07, 6.45) is 2.59. The van der Waals surface area contributed by atoms with Crippen molar-refractivity contribution in [2.24, 2.45) is 11.8 Å². The number of pyridine rings is 1. The van der Waals surface area contributed by atoms with E-state index in [2.05, 4.69) is 30.9 Å². The molecule has 2 aromatic heterocycles. The number of H-pyrrole nitrogens is 1. The molecule has 2 heterocycles. The van der Waals surface area contributed by atoms with E-state index in [1.54, 1.807) is 6.20 Å². The number of anilines is 1. The number of rotatable bonds is 10. The van der Waals surface area contributed by atoms with Crippen LogP contribution in [0.5, 0.6) is 0 Å². The molecule has 9 nitrogen and oxygen atoms in total. The summed E-state index contributed by atoms with van der Waals surface area (Å²) in [6.45, 7) is 4.46. The SMILES string of the molecule is CC(C)C[C@H](C(=O)O)C(Cc1ccc(NCCO)cn1)c1nn[nH]n1.